The van der Waals surface area contributed by atoms with Crippen LogP contribution in [0.5, 0.6) is 0 Å². The minimum absolute atomic E-state index is 0.0575. The van der Waals surface area contributed by atoms with Crippen LogP contribution in [0.2, 0.25) is 0 Å². The highest BCUT2D eigenvalue weighted by molar-refractivity contribution is 4.56. The number of ether oxygens (including phenoxy) is 2. The summed E-state index contributed by atoms with van der Waals surface area (Å²) in [7, 11) is 0. The van der Waals surface area contributed by atoms with E-state index >= 15 is 0 Å². The first-order valence-electron chi connectivity index (χ1n) is 6.12. The molecule has 0 rings (SSSR count). The molecule has 0 aromatic heterocycles. The average Bonchev–Trinajstić information content (AvgIpc) is 2.27. The van der Waals surface area contributed by atoms with Crippen LogP contribution in [0.25, 0.3) is 0 Å². The topological polar surface area (TPSA) is 38.7 Å². The van der Waals surface area contributed by atoms with Crippen LogP contribution >= 0.6 is 0 Å². The Labute approximate surface area is 93.8 Å². The highest BCUT2D eigenvalue weighted by atomic mass is 16.7. The van der Waals surface area contributed by atoms with Crippen molar-refractivity contribution in [3.8, 4) is 0 Å². The molecule has 15 heavy (non-hydrogen) atoms. The van der Waals surface area contributed by atoms with E-state index in [2.05, 4.69) is 13.8 Å². The number of unbranched alkanes of at least 4 members (excludes halogenated alkanes) is 1. The highest BCUT2D eigenvalue weighted by Crippen LogP contribution is 2.13. The third-order valence-corrected chi connectivity index (χ3v) is 2.56. The van der Waals surface area contributed by atoms with Crippen LogP contribution in [0.4, 0.5) is 0 Å². The maximum absolute atomic E-state index is 8.97. The molecule has 0 spiro atoms. The van der Waals surface area contributed by atoms with Crippen molar-refractivity contribution in [3.63, 3.8) is 0 Å². The summed E-state index contributed by atoms with van der Waals surface area (Å²) in [5.41, 5.74) is 0. The Morgan fingerprint density at radius 3 is 2.33 bits per heavy atom. The zero-order valence-electron chi connectivity index (χ0n) is 10.4. The van der Waals surface area contributed by atoms with Crippen LogP contribution in [-0.4, -0.2) is 31.2 Å². The number of rotatable bonds is 10. The molecule has 0 heterocycles. The highest BCUT2D eigenvalue weighted by Gasteiger charge is 2.11. The molecule has 3 heteroatoms. The molecule has 0 bridgehead atoms. The lowest BCUT2D eigenvalue weighted by Gasteiger charge is -2.19. The number of hydrogen-bond acceptors (Lipinski definition) is 3. The molecule has 2 unspecified atom stereocenters. The van der Waals surface area contributed by atoms with Gasteiger partial charge in [-0.25, -0.2) is 0 Å². The van der Waals surface area contributed by atoms with Gasteiger partial charge in [-0.1, -0.05) is 33.1 Å². The first kappa shape index (κ1) is 14.9. The third kappa shape index (κ3) is 7.77. The smallest absolute Gasteiger partial charge is 0.180 e. The van der Waals surface area contributed by atoms with Crippen LogP contribution < -0.4 is 0 Å². The van der Waals surface area contributed by atoms with Gasteiger partial charge in [-0.15, -0.1) is 0 Å². The summed E-state index contributed by atoms with van der Waals surface area (Å²) in [5, 5.41) is 8.97. The van der Waals surface area contributed by atoms with Crippen molar-refractivity contribution in [2.24, 2.45) is 5.92 Å². The molecule has 2 atom stereocenters. The summed E-state index contributed by atoms with van der Waals surface area (Å²) < 4.78 is 10.7. The van der Waals surface area contributed by atoms with Gasteiger partial charge in [-0.2, -0.15) is 0 Å². The Morgan fingerprint density at radius 2 is 1.87 bits per heavy atom. The largest absolute Gasteiger partial charge is 0.391 e. The second-order valence-corrected chi connectivity index (χ2v) is 3.82. The first-order valence-corrected chi connectivity index (χ1v) is 6.12. The summed E-state index contributed by atoms with van der Waals surface area (Å²) >= 11 is 0. The van der Waals surface area contributed by atoms with E-state index in [-0.39, 0.29) is 6.61 Å². The standard InChI is InChI=1S/C12H26O3/c1-4-7-8-11(5-2)10-15-12(9-13)14-6-3/h11-13H,4-10H2,1-3H3. The molecule has 92 valence electrons. The lowest BCUT2D eigenvalue weighted by atomic mass is 10.0. The minimum atomic E-state index is -0.439. The van der Waals surface area contributed by atoms with Gasteiger partial charge in [0.2, 0.25) is 0 Å². The molecule has 0 saturated heterocycles. The Kier molecular flexibility index (Phi) is 10.3. The summed E-state index contributed by atoms with van der Waals surface area (Å²) in [4.78, 5) is 0. The van der Waals surface area contributed by atoms with Gasteiger partial charge in [0.15, 0.2) is 6.29 Å². The van der Waals surface area contributed by atoms with Crippen LogP contribution in [0.15, 0.2) is 0 Å². The predicted molar refractivity (Wildman–Crippen MR) is 61.8 cm³/mol. The van der Waals surface area contributed by atoms with Crippen molar-refractivity contribution >= 4 is 0 Å². The summed E-state index contributed by atoms with van der Waals surface area (Å²) in [5.74, 6) is 0.597. The maximum atomic E-state index is 8.97. The third-order valence-electron chi connectivity index (χ3n) is 2.56. The predicted octanol–water partition coefficient (Wildman–Crippen LogP) is 2.57. The second kappa shape index (κ2) is 10.4. The van der Waals surface area contributed by atoms with E-state index in [1.165, 1.54) is 19.3 Å². The van der Waals surface area contributed by atoms with Gasteiger partial charge in [0.25, 0.3) is 0 Å². The quantitative estimate of drug-likeness (QED) is 0.573. The van der Waals surface area contributed by atoms with E-state index in [0.717, 1.165) is 6.42 Å². The summed E-state index contributed by atoms with van der Waals surface area (Å²) in [6.45, 7) is 7.50. The van der Waals surface area contributed by atoms with Gasteiger partial charge in [-0.05, 0) is 19.3 Å². The van der Waals surface area contributed by atoms with Gasteiger partial charge in [0.1, 0.15) is 0 Å². The van der Waals surface area contributed by atoms with E-state index in [0.29, 0.717) is 19.1 Å². The molecular formula is C12H26O3. The fourth-order valence-corrected chi connectivity index (χ4v) is 1.48. The number of aliphatic hydroxyl groups is 1. The van der Waals surface area contributed by atoms with Gasteiger partial charge in [-0.3, -0.25) is 0 Å². The van der Waals surface area contributed by atoms with Crippen molar-refractivity contribution in [2.75, 3.05) is 19.8 Å². The van der Waals surface area contributed by atoms with Gasteiger partial charge >= 0.3 is 0 Å². The van der Waals surface area contributed by atoms with Gasteiger partial charge < -0.3 is 14.6 Å². The molecule has 0 saturated carbocycles. The Balaban J connectivity index is 3.66. The minimum Gasteiger partial charge on any atom is -0.391 e. The summed E-state index contributed by atoms with van der Waals surface area (Å²) in [6.07, 6.45) is 4.37. The van der Waals surface area contributed by atoms with E-state index in [1.54, 1.807) is 0 Å². The lowest BCUT2D eigenvalue weighted by molar-refractivity contribution is -0.167. The van der Waals surface area contributed by atoms with Crippen LogP contribution in [0.3, 0.4) is 0 Å². The molecule has 3 nitrogen and oxygen atoms in total. The average molecular weight is 218 g/mol. The molecular weight excluding hydrogens is 192 g/mol. The molecule has 0 amide bonds. The molecule has 0 aliphatic carbocycles. The molecule has 0 aliphatic heterocycles. The fraction of sp³-hybridized carbons (Fsp3) is 1.00. The Morgan fingerprint density at radius 1 is 1.13 bits per heavy atom. The molecule has 0 aliphatic rings. The molecule has 0 radical (unpaired) electrons. The van der Waals surface area contributed by atoms with Crippen molar-refractivity contribution in [1.29, 1.82) is 0 Å². The number of hydrogen-bond donors (Lipinski definition) is 1. The van der Waals surface area contributed by atoms with E-state index in [1.807, 2.05) is 6.92 Å². The number of aliphatic hydroxyl groups excluding tert-OH is 1. The Bertz CT molecular complexity index is 128. The SMILES string of the molecule is CCCCC(CC)COC(CO)OCC. The molecule has 1 N–H and O–H groups in total. The van der Waals surface area contributed by atoms with Gasteiger partial charge in [0.05, 0.1) is 13.2 Å². The van der Waals surface area contributed by atoms with E-state index in [9.17, 15) is 0 Å². The normalized spacial score (nSPS) is 15.2. The Hall–Kier alpha value is -0.120. The van der Waals surface area contributed by atoms with Crippen LogP contribution in [-0.2, 0) is 9.47 Å². The monoisotopic (exact) mass is 218 g/mol. The van der Waals surface area contributed by atoms with Crippen molar-refractivity contribution < 1.29 is 14.6 Å². The van der Waals surface area contributed by atoms with E-state index < -0.39 is 6.29 Å². The maximum Gasteiger partial charge on any atom is 0.180 e. The van der Waals surface area contributed by atoms with Crippen molar-refractivity contribution in [1.82, 2.24) is 0 Å². The molecule has 0 fully saturated rings. The lowest BCUT2D eigenvalue weighted by Crippen LogP contribution is -2.24. The molecule has 0 aromatic rings. The van der Waals surface area contributed by atoms with Crippen molar-refractivity contribution in [3.05, 3.63) is 0 Å². The zero-order valence-corrected chi connectivity index (χ0v) is 10.4. The van der Waals surface area contributed by atoms with Gasteiger partial charge in [0, 0.05) is 6.61 Å². The van der Waals surface area contributed by atoms with Crippen LogP contribution in [0, 0.1) is 5.92 Å². The van der Waals surface area contributed by atoms with E-state index in [4.69, 9.17) is 14.6 Å². The first-order chi connectivity index (χ1) is 7.28. The van der Waals surface area contributed by atoms with Crippen molar-refractivity contribution in [2.45, 2.75) is 52.7 Å². The molecule has 0 aromatic carbocycles. The fourth-order valence-electron chi connectivity index (χ4n) is 1.48. The van der Waals surface area contributed by atoms with Crippen LogP contribution in [0.1, 0.15) is 46.5 Å². The summed E-state index contributed by atoms with van der Waals surface area (Å²) in [6, 6.07) is 0. The zero-order chi connectivity index (χ0) is 11.5. The second-order valence-electron chi connectivity index (χ2n) is 3.82.